The van der Waals surface area contributed by atoms with E-state index in [0.717, 1.165) is 42.1 Å². The normalized spacial score (nSPS) is 16.1. The first-order chi connectivity index (χ1) is 13.1. The topological polar surface area (TPSA) is 68.6 Å². The molecule has 0 spiro atoms. The molecule has 1 amide bonds. The van der Waals surface area contributed by atoms with Crippen molar-refractivity contribution in [1.29, 1.82) is 0 Å². The van der Waals surface area contributed by atoms with Crippen LogP contribution in [0.3, 0.4) is 0 Å². The molecule has 2 aromatic rings. The summed E-state index contributed by atoms with van der Waals surface area (Å²) in [6, 6.07) is 7.60. The molecule has 7 heteroatoms. The summed E-state index contributed by atoms with van der Waals surface area (Å²) < 4.78 is 12.7. The molecule has 1 aliphatic heterocycles. The van der Waals surface area contributed by atoms with E-state index in [4.69, 9.17) is 9.47 Å². The summed E-state index contributed by atoms with van der Waals surface area (Å²) in [5, 5.41) is 7.65. The number of amides is 1. The van der Waals surface area contributed by atoms with Gasteiger partial charge in [0.25, 0.3) is 0 Å². The lowest BCUT2D eigenvalue weighted by molar-refractivity contribution is -0.123. The SMILES string of the molecule is CCC(C(=O)Nc1c(-c2ccccc2OC)c(C)nn1C)N1CCOCC1. The van der Waals surface area contributed by atoms with Gasteiger partial charge in [0, 0.05) is 25.7 Å². The average Bonchev–Trinajstić information content (AvgIpc) is 2.96. The van der Waals surface area contributed by atoms with Gasteiger partial charge in [0.2, 0.25) is 5.91 Å². The van der Waals surface area contributed by atoms with Crippen LogP contribution in [0.5, 0.6) is 5.75 Å². The van der Waals surface area contributed by atoms with E-state index in [1.165, 1.54) is 0 Å². The first kappa shape index (κ1) is 19.4. The van der Waals surface area contributed by atoms with E-state index >= 15 is 0 Å². The van der Waals surface area contributed by atoms with Gasteiger partial charge in [0.05, 0.1) is 37.6 Å². The summed E-state index contributed by atoms with van der Waals surface area (Å²) in [6.07, 6.45) is 0.743. The van der Waals surface area contributed by atoms with Crippen LogP contribution < -0.4 is 10.1 Å². The number of morpholine rings is 1. The lowest BCUT2D eigenvalue weighted by Crippen LogP contribution is -2.49. The summed E-state index contributed by atoms with van der Waals surface area (Å²) >= 11 is 0. The summed E-state index contributed by atoms with van der Waals surface area (Å²) in [7, 11) is 3.49. The minimum atomic E-state index is -0.186. The van der Waals surface area contributed by atoms with Crippen LogP contribution in [0.2, 0.25) is 0 Å². The van der Waals surface area contributed by atoms with E-state index < -0.39 is 0 Å². The van der Waals surface area contributed by atoms with Crippen LogP contribution in [0.15, 0.2) is 24.3 Å². The number of anilines is 1. The summed E-state index contributed by atoms with van der Waals surface area (Å²) in [4.78, 5) is 15.3. The fourth-order valence-electron chi connectivity index (χ4n) is 3.67. The fourth-order valence-corrected chi connectivity index (χ4v) is 3.67. The molecule has 7 nitrogen and oxygen atoms in total. The van der Waals surface area contributed by atoms with E-state index in [0.29, 0.717) is 19.0 Å². The van der Waals surface area contributed by atoms with Gasteiger partial charge < -0.3 is 14.8 Å². The number of para-hydroxylation sites is 1. The van der Waals surface area contributed by atoms with Gasteiger partial charge in [-0.25, -0.2) is 0 Å². The van der Waals surface area contributed by atoms with Crippen molar-refractivity contribution in [2.24, 2.45) is 7.05 Å². The highest BCUT2D eigenvalue weighted by atomic mass is 16.5. The molecule has 27 heavy (non-hydrogen) atoms. The molecule has 0 radical (unpaired) electrons. The maximum absolute atomic E-state index is 13.1. The second-order valence-electron chi connectivity index (χ2n) is 6.69. The number of aromatic nitrogens is 2. The number of nitrogens with zero attached hydrogens (tertiary/aromatic N) is 3. The van der Waals surface area contributed by atoms with Crippen molar-refractivity contribution in [3.63, 3.8) is 0 Å². The highest BCUT2D eigenvalue weighted by molar-refractivity contribution is 5.98. The number of ether oxygens (including phenoxy) is 2. The van der Waals surface area contributed by atoms with Gasteiger partial charge in [0.15, 0.2) is 0 Å². The van der Waals surface area contributed by atoms with Crippen molar-refractivity contribution in [1.82, 2.24) is 14.7 Å². The van der Waals surface area contributed by atoms with Crippen LogP contribution in [0, 0.1) is 6.92 Å². The molecule has 1 N–H and O–H groups in total. The molecule has 1 unspecified atom stereocenters. The van der Waals surface area contributed by atoms with Gasteiger partial charge in [-0.15, -0.1) is 0 Å². The quantitative estimate of drug-likeness (QED) is 0.844. The average molecular weight is 372 g/mol. The molecule has 2 heterocycles. The smallest absolute Gasteiger partial charge is 0.242 e. The third-order valence-corrected chi connectivity index (χ3v) is 5.02. The number of methoxy groups -OCH3 is 1. The van der Waals surface area contributed by atoms with Crippen LogP contribution in [0.4, 0.5) is 5.82 Å². The fraction of sp³-hybridized carbons (Fsp3) is 0.500. The number of rotatable bonds is 6. The molecule has 3 rings (SSSR count). The highest BCUT2D eigenvalue weighted by Gasteiger charge is 2.28. The third-order valence-electron chi connectivity index (χ3n) is 5.02. The molecular formula is C20H28N4O3. The minimum absolute atomic E-state index is 0.0152. The highest BCUT2D eigenvalue weighted by Crippen LogP contribution is 2.37. The lowest BCUT2D eigenvalue weighted by atomic mass is 10.0. The summed E-state index contributed by atoms with van der Waals surface area (Å²) in [6.45, 7) is 6.86. The maximum atomic E-state index is 13.1. The Morgan fingerprint density at radius 2 is 2.04 bits per heavy atom. The Morgan fingerprint density at radius 1 is 1.33 bits per heavy atom. The lowest BCUT2D eigenvalue weighted by Gasteiger charge is -2.33. The van der Waals surface area contributed by atoms with Crippen LogP contribution in [-0.4, -0.2) is 60.0 Å². The number of carbonyl (C=O) groups excluding carboxylic acids is 1. The zero-order valence-electron chi connectivity index (χ0n) is 16.5. The monoisotopic (exact) mass is 372 g/mol. The molecule has 1 aromatic carbocycles. The van der Waals surface area contributed by atoms with Crippen molar-refractivity contribution in [3.05, 3.63) is 30.0 Å². The van der Waals surface area contributed by atoms with Crippen molar-refractivity contribution in [2.45, 2.75) is 26.3 Å². The zero-order chi connectivity index (χ0) is 19.4. The molecule has 1 aromatic heterocycles. The van der Waals surface area contributed by atoms with E-state index in [1.807, 2.05) is 45.2 Å². The Bertz CT molecular complexity index is 797. The molecule has 0 aliphatic carbocycles. The first-order valence-corrected chi connectivity index (χ1v) is 9.36. The number of benzene rings is 1. The van der Waals surface area contributed by atoms with Crippen LogP contribution in [0.25, 0.3) is 11.1 Å². The minimum Gasteiger partial charge on any atom is -0.496 e. The Morgan fingerprint density at radius 3 is 2.70 bits per heavy atom. The Labute approximate surface area is 160 Å². The number of hydrogen-bond donors (Lipinski definition) is 1. The van der Waals surface area contributed by atoms with Crippen LogP contribution >= 0.6 is 0 Å². The standard InChI is InChI=1S/C20H28N4O3/c1-5-16(24-10-12-27-13-11-24)20(25)21-19-18(14(2)22-23(19)3)15-8-6-7-9-17(15)26-4/h6-9,16H,5,10-13H2,1-4H3,(H,21,25). The molecular weight excluding hydrogens is 344 g/mol. The molecule has 1 saturated heterocycles. The van der Waals surface area contributed by atoms with E-state index in [9.17, 15) is 4.79 Å². The van der Waals surface area contributed by atoms with Gasteiger partial charge in [-0.3, -0.25) is 14.4 Å². The van der Waals surface area contributed by atoms with Gasteiger partial charge in [-0.1, -0.05) is 25.1 Å². The maximum Gasteiger partial charge on any atom is 0.242 e. The van der Waals surface area contributed by atoms with E-state index in [-0.39, 0.29) is 11.9 Å². The molecule has 1 fully saturated rings. The summed E-state index contributed by atoms with van der Waals surface area (Å²) in [5.74, 6) is 1.43. The van der Waals surface area contributed by atoms with Gasteiger partial charge in [-0.05, 0) is 19.4 Å². The number of nitrogens with one attached hydrogen (secondary N) is 1. The van der Waals surface area contributed by atoms with E-state index in [2.05, 4.69) is 15.3 Å². The molecule has 0 saturated carbocycles. The van der Waals surface area contributed by atoms with Crippen molar-refractivity contribution in [3.8, 4) is 16.9 Å². The largest absolute Gasteiger partial charge is 0.496 e. The van der Waals surface area contributed by atoms with Crippen molar-refractivity contribution < 1.29 is 14.3 Å². The first-order valence-electron chi connectivity index (χ1n) is 9.36. The number of aryl methyl sites for hydroxylation is 2. The van der Waals surface area contributed by atoms with Crippen molar-refractivity contribution in [2.75, 3.05) is 38.7 Å². The number of carbonyl (C=O) groups is 1. The van der Waals surface area contributed by atoms with Gasteiger partial charge >= 0.3 is 0 Å². The molecule has 146 valence electrons. The van der Waals surface area contributed by atoms with E-state index in [1.54, 1.807) is 11.8 Å². The summed E-state index contributed by atoms with van der Waals surface area (Å²) in [5.41, 5.74) is 2.65. The predicted octanol–water partition coefficient (Wildman–Crippen LogP) is 2.45. The van der Waals surface area contributed by atoms with Gasteiger partial charge in [0.1, 0.15) is 11.6 Å². The second kappa shape index (κ2) is 8.54. The molecule has 0 bridgehead atoms. The zero-order valence-corrected chi connectivity index (χ0v) is 16.5. The Balaban J connectivity index is 1.92. The predicted molar refractivity (Wildman–Crippen MR) is 105 cm³/mol. The Hall–Kier alpha value is -2.38. The third kappa shape index (κ3) is 3.99. The number of hydrogen-bond acceptors (Lipinski definition) is 5. The Kier molecular flexibility index (Phi) is 6.13. The van der Waals surface area contributed by atoms with Crippen LogP contribution in [0.1, 0.15) is 19.0 Å². The van der Waals surface area contributed by atoms with Crippen molar-refractivity contribution >= 4 is 11.7 Å². The molecule has 1 atom stereocenters. The second-order valence-corrected chi connectivity index (χ2v) is 6.69. The van der Waals surface area contributed by atoms with Crippen LogP contribution in [-0.2, 0) is 16.6 Å². The molecule has 1 aliphatic rings. The van der Waals surface area contributed by atoms with Gasteiger partial charge in [-0.2, -0.15) is 5.10 Å².